The van der Waals surface area contributed by atoms with Gasteiger partial charge in [0.15, 0.2) is 0 Å². The zero-order valence-electron chi connectivity index (χ0n) is 6.67. The molecule has 3 heteroatoms. The number of hydrogen-bond donors (Lipinski definition) is 0. The predicted molar refractivity (Wildman–Crippen MR) is 54.0 cm³/mol. The van der Waals surface area contributed by atoms with Crippen LogP contribution in [0.2, 0.25) is 5.15 Å². The van der Waals surface area contributed by atoms with E-state index in [0.717, 1.165) is 17.5 Å². The van der Waals surface area contributed by atoms with Gasteiger partial charge in [-0.1, -0.05) is 18.5 Å². The van der Waals surface area contributed by atoms with Crippen LogP contribution in [-0.2, 0) is 6.42 Å². The number of hydrogen-bond acceptors (Lipinski definition) is 2. The van der Waals surface area contributed by atoms with Gasteiger partial charge in [0.1, 0.15) is 5.15 Å². The van der Waals surface area contributed by atoms with Crippen LogP contribution in [0.3, 0.4) is 0 Å². The molecule has 2 aromatic rings. The highest BCUT2D eigenvalue weighted by molar-refractivity contribution is 7.17. The van der Waals surface area contributed by atoms with Crippen molar-refractivity contribution in [3.8, 4) is 0 Å². The van der Waals surface area contributed by atoms with E-state index in [0.29, 0.717) is 5.15 Å². The summed E-state index contributed by atoms with van der Waals surface area (Å²) in [6.45, 7) is 2.09. The quantitative estimate of drug-likeness (QED) is 0.638. The molecule has 0 amide bonds. The lowest BCUT2D eigenvalue weighted by molar-refractivity contribution is 1.12. The first-order chi connectivity index (χ1) is 5.81. The molecule has 0 aliphatic rings. The van der Waals surface area contributed by atoms with Crippen molar-refractivity contribution < 1.29 is 0 Å². The molecule has 0 aliphatic carbocycles. The van der Waals surface area contributed by atoms with Crippen LogP contribution < -0.4 is 0 Å². The van der Waals surface area contributed by atoms with Crippen molar-refractivity contribution in [2.45, 2.75) is 13.3 Å². The summed E-state index contributed by atoms with van der Waals surface area (Å²) in [4.78, 5) is 4.28. The molecule has 0 bridgehead atoms. The molecule has 0 radical (unpaired) electrons. The fraction of sp³-hybridized carbons (Fsp3) is 0.222. The minimum atomic E-state index is 0.642. The molecule has 0 spiro atoms. The Labute approximate surface area is 80.0 Å². The molecule has 0 aliphatic heterocycles. The Bertz CT molecular complexity index is 408. The maximum atomic E-state index is 5.95. The molecule has 2 heterocycles. The summed E-state index contributed by atoms with van der Waals surface area (Å²) in [5.41, 5.74) is 2.13. The van der Waals surface area contributed by atoms with Gasteiger partial charge in [-0.25, -0.2) is 4.98 Å². The Hall–Kier alpha value is -0.600. The molecule has 0 saturated heterocycles. The van der Waals surface area contributed by atoms with Crippen molar-refractivity contribution in [2.24, 2.45) is 0 Å². The third kappa shape index (κ3) is 1.21. The molecule has 0 aromatic carbocycles. The maximum absolute atomic E-state index is 5.95. The summed E-state index contributed by atoms with van der Waals surface area (Å²) in [6, 6.07) is 4.11. The lowest BCUT2D eigenvalue weighted by Crippen LogP contribution is -1.84. The lowest BCUT2D eigenvalue weighted by atomic mass is 10.2. The van der Waals surface area contributed by atoms with Crippen molar-refractivity contribution in [1.82, 2.24) is 4.98 Å². The fourth-order valence-electron chi connectivity index (χ4n) is 1.16. The third-order valence-corrected chi connectivity index (χ3v) is 3.02. The van der Waals surface area contributed by atoms with E-state index < -0.39 is 0 Å². The standard InChI is InChI=1S/C9H8ClNS/c1-2-6-5-8-7(3-4-12-8)11-9(6)10/h3-5H,2H2,1H3. The van der Waals surface area contributed by atoms with Gasteiger partial charge >= 0.3 is 0 Å². The minimum absolute atomic E-state index is 0.642. The number of fused-ring (bicyclic) bond motifs is 1. The number of aryl methyl sites for hydroxylation is 1. The zero-order valence-corrected chi connectivity index (χ0v) is 8.25. The number of aromatic nitrogens is 1. The molecule has 12 heavy (non-hydrogen) atoms. The summed E-state index contributed by atoms with van der Waals surface area (Å²) in [6.07, 6.45) is 0.944. The van der Waals surface area contributed by atoms with E-state index in [4.69, 9.17) is 11.6 Å². The molecular formula is C9H8ClNS. The van der Waals surface area contributed by atoms with Crippen molar-refractivity contribution in [1.29, 1.82) is 0 Å². The molecule has 0 atom stereocenters. The van der Waals surface area contributed by atoms with Crippen molar-refractivity contribution in [3.63, 3.8) is 0 Å². The Kier molecular flexibility index (Phi) is 2.03. The van der Waals surface area contributed by atoms with E-state index in [2.05, 4.69) is 18.0 Å². The molecule has 0 unspecified atom stereocenters. The van der Waals surface area contributed by atoms with Crippen LogP contribution in [0.15, 0.2) is 17.5 Å². The lowest BCUT2D eigenvalue weighted by Gasteiger charge is -1.98. The number of rotatable bonds is 1. The second-order valence-electron chi connectivity index (χ2n) is 2.60. The van der Waals surface area contributed by atoms with Gasteiger partial charge in [0.2, 0.25) is 0 Å². The molecule has 2 aromatic heterocycles. The van der Waals surface area contributed by atoms with Crippen molar-refractivity contribution >= 4 is 33.2 Å². The smallest absolute Gasteiger partial charge is 0.133 e. The van der Waals surface area contributed by atoms with Gasteiger partial charge < -0.3 is 0 Å². The largest absolute Gasteiger partial charge is 0.235 e. The summed E-state index contributed by atoms with van der Waals surface area (Å²) in [7, 11) is 0. The number of thiophene rings is 1. The van der Waals surface area contributed by atoms with Gasteiger partial charge in [0.25, 0.3) is 0 Å². The van der Waals surface area contributed by atoms with Gasteiger partial charge in [-0.3, -0.25) is 0 Å². The van der Waals surface area contributed by atoms with Gasteiger partial charge in [-0.15, -0.1) is 11.3 Å². The Balaban J connectivity index is 2.73. The first kappa shape index (κ1) is 8.02. The molecule has 62 valence electrons. The Morgan fingerprint density at radius 2 is 2.42 bits per heavy atom. The highest BCUT2D eigenvalue weighted by Crippen LogP contribution is 2.24. The van der Waals surface area contributed by atoms with Gasteiger partial charge in [-0.05, 0) is 29.5 Å². The van der Waals surface area contributed by atoms with E-state index >= 15 is 0 Å². The maximum Gasteiger partial charge on any atom is 0.133 e. The number of nitrogens with zero attached hydrogens (tertiary/aromatic N) is 1. The first-order valence-electron chi connectivity index (χ1n) is 3.84. The SMILES string of the molecule is CCc1cc2sccc2nc1Cl. The Morgan fingerprint density at radius 3 is 3.17 bits per heavy atom. The van der Waals surface area contributed by atoms with E-state index in [-0.39, 0.29) is 0 Å². The Morgan fingerprint density at radius 1 is 1.58 bits per heavy atom. The van der Waals surface area contributed by atoms with Crippen LogP contribution in [0.5, 0.6) is 0 Å². The molecule has 0 fully saturated rings. The van der Waals surface area contributed by atoms with Crippen LogP contribution in [0.4, 0.5) is 0 Å². The van der Waals surface area contributed by atoms with Crippen LogP contribution in [-0.4, -0.2) is 4.98 Å². The van der Waals surface area contributed by atoms with E-state index in [1.54, 1.807) is 11.3 Å². The topological polar surface area (TPSA) is 12.9 Å². The molecule has 0 saturated carbocycles. The summed E-state index contributed by atoms with van der Waals surface area (Å²) in [5, 5.41) is 2.68. The van der Waals surface area contributed by atoms with E-state index in [1.807, 2.05) is 11.4 Å². The highest BCUT2D eigenvalue weighted by Gasteiger charge is 2.02. The second-order valence-corrected chi connectivity index (χ2v) is 3.90. The number of halogens is 1. The monoisotopic (exact) mass is 197 g/mol. The summed E-state index contributed by atoms with van der Waals surface area (Å²) < 4.78 is 1.22. The third-order valence-electron chi connectivity index (χ3n) is 1.84. The van der Waals surface area contributed by atoms with Crippen molar-refractivity contribution in [3.05, 3.63) is 28.2 Å². The molecule has 1 nitrogen and oxygen atoms in total. The summed E-state index contributed by atoms with van der Waals surface area (Å²) >= 11 is 7.66. The van der Waals surface area contributed by atoms with E-state index in [9.17, 15) is 0 Å². The van der Waals surface area contributed by atoms with Gasteiger partial charge in [0, 0.05) is 0 Å². The van der Waals surface area contributed by atoms with Crippen LogP contribution in [0.1, 0.15) is 12.5 Å². The fourth-order valence-corrected chi connectivity index (χ4v) is 2.23. The minimum Gasteiger partial charge on any atom is -0.235 e. The normalized spacial score (nSPS) is 10.8. The highest BCUT2D eigenvalue weighted by atomic mass is 35.5. The molecular weight excluding hydrogens is 190 g/mol. The molecule has 0 N–H and O–H groups in total. The average Bonchev–Trinajstić information content (AvgIpc) is 2.49. The summed E-state index contributed by atoms with van der Waals surface area (Å²) in [5.74, 6) is 0. The van der Waals surface area contributed by atoms with Crippen molar-refractivity contribution in [2.75, 3.05) is 0 Å². The van der Waals surface area contributed by atoms with Gasteiger partial charge in [-0.2, -0.15) is 0 Å². The predicted octanol–water partition coefficient (Wildman–Crippen LogP) is 3.51. The molecule has 2 rings (SSSR count). The first-order valence-corrected chi connectivity index (χ1v) is 5.09. The number of pyridine rings is 1. The van der Waals surface area contributed by atoms with Gasteiger partial charge in [0.05, 0.1) is 10.2 Å². The average molecular weight is 198 g/mol. The van der Waals surface area contributed by atoms with Crippen LogP contribution in [0, 0.1) is 0 Å². The zero-order chi connectivity index (χ0) is 8.55. The van der Waals surface area contributed by atoms with E-state index in [1.165, 1.54) is 4.70 Å². The van der Waals surface area contributed by atoms with Crippen LogP contribution in [0.25, 0.3) is 10.2 Å². The van der Waals surface area contributed by atoms with Crippen LogP contribution >= 0.6 is 22.9 Å². The second kappa shape index (κ2) is 3.04.